The number of fused-ring (bicyclic) bond motifs is 3. The van der Waals surface area contributed by atoms with Crippen molar-refractivity contribution >= 4 is 30.0 Å². The van der Waals surface area contributed by atoms with Crippen molar-refractivity contribution in [3.63, 3.8) is 0 Å². The number of carbonyl (C=O) groups excluding carboxylic acids is 5. The summed E-state index contributed by atoms with van der Waals surface area (Å²) in [5, 5.41) is 8.20. The average Bonchev–Trinajstić information content (AvgIpc) is 3.66. The quantitative estimate of drug-likeness (QED) is 0.170. The highest BCUT2D eigenvalue weighted by Crippen LogP contribution is 2.44. The molecule has 0 bridgehead atoms. The van der Waals surface area contributed by atoms with Crippen LogP contribution in [0.15, 0.2) is 48.5 Å². The molecule has 2 aromatic rings. The van der Waals surface area contributed by atoms with Gasteiger partial charge in [0.1, 0.15) is 30.3 Å². The number of carbonyl (C=O) groups is 5. The molecule has 2 aromatic carbocycles. The van der Waals surface area contributed by atoms with E-state index >= 15 is 0 Å². The van der Waals surface area contributed by atoms with Gasteiger partial charge in [0.2, 0.25) is 11.8 Å². The fraction of sp³-hybridized carbons (Fsp3) is 0.528. The molecule has 0 saturated carbocycles. The minimum atomic E-state index is -1.00. The minimum absolute atomic E-state index is 0.0643. The molecule has 1 aliphatic heterocycles. The van der Waals surface area contributed by atoms with E-state index in [1.54, 1.807) is 34.6 Å². The maximum atomic E-state index is 13.4. The summed E-state index contributed by atoms with van der Waals surface area (Å²) in [7, 11) is 1.23. The summed E-state index contributed by atoms with van der Waals surface area (Å²) in [5.74, 6) is -2.05. The Morgan fingerprint density at radius 1 is 0.938 bits per heavy atom. The normalized spacial score (nSPS) is 16.7. The zero-order chi connectivity index (χ0) is 35.0. The highest BCUT2D eigenvalue weighted by molar-refractivity contribution is 5.93. The van der Waals surface area contributed by atoms with Gasteiger partial charge in [-0.1, -0.05) is 62.4 Å². The van der Waals surface area contributed by atoms with E-state index < -0.39 is 53.7 Å². The van der Waals surface area contributed by atoms with Crippen molar-refractivity contribution in [2.45, 2.75) is 89.9 Å². The number of ether oxygens (including phenoxy) is 3. The number of esters is 1. The molecule has 260 valence electrons. The van der Waals surface area contributed by atoms with E-state index in [0.29, 0.717) is 25.8 Å². The number of alkyl carbamates (subject to hydrolysis) is 1. The monoisotopic (exact) mass is 664 g/mol. The molecule has 0 unspecified atom stereocenters. The molecule has 4 amide bonds. The van der Waals surface area contributed by atoms with Crippen LogP contribution in [0.25, 0.3) is 11.1 Å². The molecule has 3 atom stereocenters. The molecular weight excluding hydrogens is 616 g/mol. The molecule has 12 heteroatoms. The van der Waals surface area contributed by atoms with Crippen LogP contribution < -0.4 is 16.0 Å². The molecule has 1 heterocycles. The maximum Gasteiger partial charge on any atom is 0.410 e. The predicted molar refractivity (Wildman–Crippen MR) is 179 cm³/mol. The van der Waals surface area contributed by atoms with Gasteiger partial charge in [-0.3, -0.25) is 14.5 Å². The first-order chi connectivity index (χ1) is 22.8. The number of nitrogens with one attached hydrogen (secondary N) is 3. The molecule has 4 rings (SSSR count). The van der Waals surface area contributed by atoms with Crippen LogP contribution in [0.2, 0.25) is 0 Å². The molecule has 1 aliphatic carbocycles. The van der Waals surface area contributed by atoms with Gasteiger partial charge in [0.25, 0.3) is 0 Å². The summed E-state index contributed by atoms with van der Waals surface area (Å²) < 4.78 is 16.0. The van der Waals surface area contributed by atoms with Gasteiger partial charge in [0.15, 0.2) is 0 Å². The fourth-order valence-electron chi connectivity index (χ4n) is 6.16. The van der Waals surface area contributed by atoms with Gasteiger partial charge in [-0.15, -0.1) is 0 Å². The third-order valence-corrected chi connectivity index (χ3v) is 8.52. The van der Waals surface area contributed by atoms with E-state index in [1.165, 1.54) is 12.0 Å². The number of nitrogens with zero attached hydrogens (tertiary/aromatic N) is 1. The molecule has 12 nitrogen and oxygen atoms in total. The van der Waals surface area contributed by atoms with Crippen LogP contribution in [0.3, 0.4) is 0 Å². The summed E-state index contributed by atoms with van der Waals surface area (Å²) in [6.07, 6.45) is 0.434. The van der Waals surface area contributed by atoms with Crippen LogP contribution in [0, 0.1) is 5.92 Å². The van der Waals surface area contributed by atoms with E-state index in [9.17, 15) is 24.0 Å². The van der Waals surface area contributed by atoms with Gasteiger partial charge >= 0.3 is 18.2 Å². The van der Waals surface area contributed by atoms with Crippen molar-refractivity contribution in [1.29, 1.82) is 0 Å². The summed E-state index contributed by atoms with van der Waals surface area (Å²) in [6, 6.07) is 13.4. The van der Waals surface area contributed by atoms with Crippen molar-refractivity contribution in [1.82, 2.24) is 20.9 Å². The van der Waals surface area contributed by atoms with E-state index in [4.69, 9.17) is 14.2 Å². The average molecular weight is 665 g/mol. The van der Waals surface area contributed by atoms with E-state index in [-0.39, 0.29) is 31.4 Å². The number of methoxy groups -OCH3 is 1. The van der Waals surface area contributed by atoms with Crippen LogP contribution in [0.1, 0.15) is 77.3 Å². The Morgan fingerprint density at radius 3 is 2.15 bits per heavy atom. The Morgan fingerprint density at radius 2 is 1.56 bits per heavy atom. The van der Waals surface area contributed by atoms with E-state index in [2.05, 4.69) is 28.1 Å². The zero-order valence-corrected chi connectivity index (χ0v) is 28.7. The third-order valence-electron chi connectivity index (χ3n) is 8.52. The number of hydrogen-bond donors (Lipinski definition) is 3. The summed E-state index contributed by atoms with van der Waals surface area (Å²) in [6.45, 7) is 9.57. The van der Waals surface area contributed by atoms with Gasteiger partial charge in [-0.05, 0) is 74.6 Å². The van der Waals surface area contributed by atoms with Crippen LogP contribution >= 0.6 is 0 Å². The first kappa shape index (κ1) is 36.2. The van der Waals surface area contributed by atoms with Crippen LogP contribution in [-0.4, -0.2) is 85.4 Å². The Labute approximate surface area is 282 Å². The Balaban J connectivity index is 1.27. The maximum absolute atomic E-state index is 13.4. The van der Waals surface area contributed by atoms with Gasteiger partial charge in [0, 0.05) is 19.0 Å². The minimum Gasteiger partial charge on any atom is -0.467 e. The molecule has 48 heavy (non-hydrogen) atoms. The molecule has 0 aromatic heterocycles. The van der Waals surface area contributed by atoms with Crippen molar-refractivity contribution in [3.8, 4) is 11.1 Å². The van der Waals surface area contributed by atoms with Crippen molar-refractivity contribution < 1.29 is 38.2 Å². The first-order valence-electron chi connectivity index (χ1n) is 16.6. The highest BCUT2D eigenvalue weighted by Gasteiger charge is 2.39. The molecule has 1 saturated heterocycles. The number of benzene rings is 2. The number of rotatable bonds is 12. The van der Waals surface area contributed by atoms with Crippen molar-refractivity contribution in [2.75, 3.05) is 26.8 Å². The lowest BCUT2D eigenvalue weighted by atomic mass is 9.98. The number of amides is 4. The first-order valence-corrected chi connectivity index (χ1v) is 16.6. The SMILES string of the molecule is COC(=O)[C@H](CCCNC(=O)OCC1c2ccccc2-c2ccccc21)NC(=O)[C@@H](NC(=O)[C@@H]1CCCN1C(=O)OC(C)(C)C)C(C)C. The van der Waals surface area contributed by atoms with Gasteiger partial charge < -0.3 is 30.2 Å². The lowest BCUT2D eigenvalue weighted by molar-refractivity contribution is -0.145. The fourth-order valence-corrected chi connectivity index (χ4v) is 6.16. The van der Waals surface area contributed by atoms with Gasteiger partial charge in [0.05, 0.1) is 7.11 Å². The Hall–Kier alpha value is -4.61. The molecule has 1 fully saturated rings. The van der Waals surface area contributed by atoms with Crippen molar-refractivity contribution in [2.24, 2.45) is 5.92 Å². The highest BCUT2D eigenvalue weighted by atomic mass is 16.6. The zero-order valence-electron chi connectivity index (χ0n) is 28.7. The van der Waals surface area contributed by atoms with Crippen LogP contribution in [-0.2, 0) is 28.6 Å². The second-order valence-corrected chi connectivity index (χ2v) is 13.5. The molecule has 0 spiro atoms. The largest absolute Gasteiger partial charge is 0.467 e. The molecule has 0 radical (unpaired) electrons. The Bertz CT molecular complexity index is 1440. The summed E-state index contributed by atoms with van der Waals surface area (Å²) >= 11 is 0. The van der Waals surface area contributed by atoms with E-state index in [0.717, 1.165) is 22.3 Å². The van der Waals surface area contributed by atoms with Crippen LogP contribution in [0.5, 0.6) is 0 Å². The van der Waals surface area contributed by atoms with Gasteiger partial charge in [-0.2, -0.15) is 0 Å². The lowest BCUT2D eigenvalue weighted by Gasteiger charge is -2.30. The Kier molecular flexibility index (Phi) is 12.1. The summed E-state index contributed by atoms with van der Waals surface area (Å²) in [5.41, 5.74) is 3.79. The second kappa shape index (κ2) is 16.0. The van der Waals surface area contributed by atoms with Gasteiger partial charge in [-0.25, -0.2) is 14.4 Å². The molecule has 2 aliphatic rings. The third kappa shape index (κ3) is 9.05. The second-order valence-electron chi connectivity index (χ2n) is 13.5. The smallest absolute Gasteiger partial charge is 0.410 e. The topological polar surface area (TPSA) is 152 Å². The van der Waals surface area contributed by atoms with E-state index in [1.807, 2.05) is 36.4 Å². The lowest BCUT2D eigenvalue weighted by Crippen LogP contribution is -2.57. The predicted octanol–water partition coefficient (Wildman–Crippen LogP) is 4.50. The molecule has 3 N–H and O–H groups in total. The summed E-state index contributed by atoms with van der Waals surface area (Å²) in [4.78, 5) is 65.9. The number of hydrogen-bond acceptors (Lipinski definition) is 8. The molecular formula is C36H48N4O8. The van der Waals surface area contributed by atoms with Crippen molar-refractivity contribution in [3.05, 3.63) is 59.7 Å². The van der Waals surface area contributed by atoms with Crippen LogP contribution in [0.4, 0.5) is 9.59 Å². The number of likely N-dealkylation sites (tertiary alicyclic amines) is 1. The standard InChI is InChI=1S/C36H48N4O8/c1-22(2)30(39-31(41)29-18-12-20-40(29)35(45)48-36(3,4)5)32(42)38-28(33(43)46-6)17-11-19-37-34(44)47-21-27-25-15-9-7-13-23(25)24-14-8-10-16-26(24)27/h7-10,13-16,22,27-30H,11-12,17-21H2,1-6H3,(H,37,44)(H,38,42)(H,39,41)/t28-,29-,30-/m0/s1.